The molecule has 0 unspecified atom stereocenters. The largest absolute Gasteiger partial charge is 0.238 e. The maximum atomic E-state index is 2.11. The highest BCUT2D eigenvalue weighted by atomic mass is 32.2. The van der Waals surface area contributed by atoms with E-state index in [-0.39, 0.29) is 0 Å². The van der Waals surface area contributed by atoms with Gasteiger partial charge in [0, 0.05) is 0 Å². The molecule has 0 atom stereocenters. The van der Waals surface area contributed by atoms with Crippen LogP contribution in [0.5, 0.6) is 0 Å². The van der Waals surface area contributed by atoms with Gasteiger partial charge < -0.3 is 0 Å². The van der Waals surface area contributed by atoms with Crippen molar-refractivity contribution < 1.29 is 3.97 Å². The summed E-state index contributed by atoms with van der Waals surface area (Å²) < 4.78 is 2.10. The molecule has 0 amide bonds. The van der Waals surface area contributed by atoms with E-state index in [0.29, 0.717) is 0 Å². The summed E-state index contributed by atoms with van der Waals surface area (Å²) in [6, 6.07) is 10.3. The highest BCUT2D eigenvalue weighted by molar-refractivity contribution is 7.93. The molecule has 0 aliphatic rings. The molecule has 0 bridgehead atoms. The lowest BCUT2D eigenvalue weighted by atomic mass is 10.4. The van der Waals surface area contributed by atoms with Crippen molar-refractivity contribution in [2.24, 2.45) is 0 Å². The van der Waals surface area contributed by atoms with E-state index >= 15 is 0 Å². The zero-order valence-corrected chi connectivity index (χ0v) is 8.02. The summed E-state index contributed by atoms with van der Waals surface area (Å²) in [6.07, 6.45) is 2.06. The van der Waals surface area contributed by atoms with Crippen LogP contribution in [0, 0.1) is 0 Å². The third-order valence-corrected chi connectivity index (χ3v) is 3.09. The Kier molecular flexibility index (Phi) is 2.44. The van der Waals surface area contributed by atoms with Gasteiger partial charge in [-0.1, -0.05) is 29.5 Å². The van der Waals surface area contributed by atoms with Gasteiger partial charge in [-0.15, -0.1) is 3.97 Å². The second-order valence-electron chi connectivity index (χ2n) is 2.29. The number of thiazole rings is 1. The first-order valence-electron chi connectivity index (χ1n) is 3.62. The number of aromatic nitrogens is 1. The van der Waals surface area contributed by atoms with Gasteiger partial charge in [-0.2, -0.15) is 0 Å². The first-order valence-corrected chi connectivity index (χ1v) is 5.33. The Hall–Kier alpha value is -0.800. The lowest BCUT2D eigenvalue weighted by Gasteiger charge is -1.88. The van der Waals surface area contributed by atoms with E-state index in [1.807, 2.05) is 6.07 Å². The summed E-state index contributed by atoms with van der Waals surface area (Å²) in [5.41, 5.74) is 2.08. The van der Waals surface area contributed by atoms with Crippen LogP contribution in [0.4, 0.5) is 0 Å². The van der Waals surface area contributed by atoms with Crippen molar-refractivity contribution in [2.75, 3.05) is 0 Å². The van der Waals surface area contributed by atoms with Crippen LogP contribution >= 0.6 is 23.3 Å². The summed E-state index contributed by atoms with van der Waals surface area (Å²) in [7, 11) is 0. The Morgan fingerprint density at radius 3 is 2.67 bits per heavy atom. The molecule has 0 spiro atoms. The van der Waals surface area contributed by atoms with Gasteiger partial charge in [0.1, 0.15) is 0 Å². The van der Waals surface area contributed by atoms with Crippen LogP contribution in [-0.2, 0) is 0 Å². The van der Waals surface area contributed by atoms with Crippen molar-refractivity contribution in [3.8, 4) is 0 Å². The fraction of sp³-hybridized carbons (Fsp3) is 0. The molecular formula is C9H8NS2+. The first kappa shape index (κ1) is 7.83. The van der Waals surface area contributed by atoms with E-state index in [4.69, 9.17) is 0 Å². The third-order valence-electron chi connectivity index (χ3n) is 1.41. The zero-order valence-electron chi connectivity index (χ0n) is 6.38. The summed E-state index contributed by atoms with van der Waals surface area (Å²) in [4.78, 5) is 1.26. The highest BCUT2D eigenvalue weighted by Crippen LogP contribution is 2.12. The molecule has 0 N–H and O–H groups in total. The van der Waals surface area contributed by atoms with Crippen LogP contribution in [0.25, 0.3) is 0 Å². The minimum atomic E-state index is 1.26. The standard InChI is InChI=1S/C9H8NS2/c1-2-4-9(5-3-1)12-10-6-7-11-8-10/h1-8H/q+1. The van der Waals surface area contributed by atoms with Gasteiger partial charge >= 0.3 is 0 Å². The predicted octanol–water partition coefficient (Wildman–Crippen LogP) is 2.59. The summed E-state index contributed by atoms with van der Waals surface area (Å²) in [5, 5.41) is 2.07. The normalized spacial score (nSPS) is 10.0. The molecule has 60 valence electrons. The maximum Gasteiger partial charge on any atom is 0.238 e. The third kappa shape index (κ3) is 1.87. The monoisotopic (exact) mass is 194 g/mol. The molecule has 2 rings (SSSR count). The Bertz CT molecular complexity index is 329. The van der Waals surface area contributed by atoms with E-state index in [1.54, 1.807) is 23.3 Å². The van der Waals surface area contributed by atoms with Gasteiger partial charge in [0.05, 0.1) is 10.3 Å². The molecule has 0 saturated heterocycles. The summed E-state index contributed by atoms with van der Waals surface area (Å²) >= 11 is 3.42. The molecule has 1 nitrogen and oxygen atoms in total. The average molecular weight is 194 g/mol. The molecule has 3 heteroatoms. The van der Waals surface area contributed by atoms with Gasteiger partial charge in [-0.05, 0) is 12.1 Å². The molecule has 1 heterocycles. The molecule has 0 saturated carbocycles. The number of rotatable bonds is 2. The fourth-order valence-corrected chi connectivity index (χ4v) is 2.38. The van der Waals surface area contributed by atoms with E-state index in [9.17, 15) is 0 Å². The molecule has 12 heavy (non-hydrogen) atoms. The van der Waals surface area contributed by atoms with Gasteiger partial charge in [-0.25, -0.2) is 0 Å². The highest BCUT2D eigenvalue weighted by Gasteiger charge is 2.03. The van der Waals surface area contributed by atoms with Crippen LogP contribution in [0.3, 0.4) is 0 Å². The van der Waals surface area contributed by atoms with Gasteiger partial charge in [0.15, 0.2) is 6.20 Å². The number of nitrogens with zero attached hydrogens (tertiary/aromatic N) is 1. The van der Waals surface area contributed by atoms with Crippen molar-refractivity contribution in [2.45, 2.75) is 4.90 Å². The number of hydrogen-bond acceptors (Lipinski definition) is 2. The zero-order chi connectivity index (χ0) is 8.23. The van der Waals surface area contributed by atoms with Crippen LogP contribution in [-0.4, -0.2) is 0 Å². The molecular weight excluding hydrogens is 186 g/mol. The first-order chi connectivity index (χ1) is 5.95. The second-order valence-corrected chi connectivity index (χ2v) is 4.12. The maximum absolute atomic E-state index is 2.11. The van der Waals surface area contributed by atoms with Crippen LogP contribution < -0.4 is 3.97 Å². The molecule has 0 aliphatic carbocycles. The Morgan fingerprint density at radius 1 is 1.17 bits per heavy atom. The summed E-state index contributed by atoms with van der Waals surface area (Å²) in [5.74, 6) is 0. The molecule has 2 aromatic rings. The molecule has 1 aromatic carbocycles. The topological polar surface area (TPSA) is 3.88 Å². The second kappa shape index (κ2) is 3.74. The minimum absolute atomic E-state index is 1.26. The predicted molar refractivity (Wildman–Crippen MR) is 52.2 cm³/mol. The Labute approximate surface area is 79.8 Å². The summed E-state index contributed by atoms with van der Waals surface area (Å²) in [6.45, 7) is 0. The number of hydrogen-bond donors (Lipinski definition) is 0. The lowest BCUT2D eigenvalue weighted by Crippen LogP contribution is -2.19. The van der Waals surface area contributed by atoms with E-state index < -0.39 is 0 Å². The van der Waals surface area contributed by atoms with Crippen molar-refractivity contribution in [1.82, 2.24) is 0 Å². The number of benzene rings is 1. The van der Waals surface area contributed by atoms with Crippen LogP contribution in [0.15, 0.2) is 52.3 Å². The van der Waals surface area contributed by atoms with E-state index in [0.717, 1.165) is 0 Å². The molecule has 0 aliphatic heterocycles. The molecule has 0 fully saturated rings. The lowest BCUT2D eigenvalue weighted by molar-refractivity contribution is -0.488. The van der Waals surface area contributed by atoms with Crippen molar-refractivity contribution in [1.29, 1.82) is 0 Å². The Balaban J connectivity index is 2.15. The van der Waals surface area contributed by atoms with Gasteiger partial charge in [-0.3, -0.25) is 0 Å². The Morgan fingerprint density at radius 2 is 2.00 bits per heavy atom. The smallest absolute Gasteiger partial charge is 0.119 e. The van der Waals surface area contributed by atoms with E-state index in [2.05, 4.69) is 45.3 Å². The minimum Gasteiger partial charge on any atom is -0.119 e. The van der Waals surface area contributed by atoms with Gasteiger partial charge in [0.25, 0.3) is 0 Å². The van der Waals surface area contributed by atoms with E-state index in [1.165, 1.54) is 4.90 Å². The SMILES string of the molecule is c1ccc(S[n+]2ccsc2)cc1. The average Bonchev–Trinajstić information content (AvgIpc) is 2.59. The van der Waals surface area contributed by atoms with Crippen molar-refractivity contribution in [3.05, 3.63) is 47.4 Å². The van der Waals surface area contributed by atoms with Crippen molar-refractivity contribution in [3.63, 3.8) is 0 Å². The van der Waals surface area contributed by atoms with Crippen LogP contribution in [0.2, 0.25) is 0 Å². The quantitative estimate of drug-likeness (QED) is 0.665. The fourth-order valence-electron chi connectivity index (χ4n) is 0.880. The van der Waals surface area contributed by atoms with Crippen LogP contribution in [0.1, 0.15) is 0 Å². The molecule has 1 aromatic heterocycles. The van der Waals surface area contributed by atoms with Crippen molar-refractivity contribution >= 4 is 23.3 Å². The van der Waals surface area contributed by atoms with Gasteiger partial charge in [0.2, 0.25) is 17.5 Å². The molecule has 0 radical (unpaired) electrons.